The van der Waals surface area contributed by atoms with E-state index in [1.807, 2.05) is 19.9 Å². The van der Waals surface area contributed by atoms with Gasteiger partial charge in [0.2, 0.25) is 5.91 Å². The zero-order chi connectivity index (χ0) is 13.5. The predicted octanol–water partition coefficient (Wildman–Crippen LogP) is 2.00. The summed E-state index contributed by atoms with van der Waals surface area (Å²) in [7, 11) is 0. The van der Waals surface area contributed by atoms with Crippen molar-refractivity contribution >= 4 is 5.91 Å². The molecule has 1 unspecified atom stereocenters. The fraction of sp³-hybridized carbons (Fsp3) is 0.500. The number of aryl methyl sites for hydroxylation is 1. The third kappa shape index (κ3) is 4.45. The van der Waals surface area contributed by atoms with Crippen LogP contribution in [0.25, 0.3) is 0 Å². The molecule has 1 aromatic carbocycles. The molecule has 2 N–H and O–H groups in total. The second-order valence-electron chi connectivity index (χ2n) is 4.51. The Morgan fingerprint density at radius 3 is 2.78 bits per heavy atom. The first-order valence-corrected chi connectivity index (χ1v) is 6.28. The molecule has 0 bridgehead atoms. The number of hydrogen-bond acceptors (Lipinski definition) is 2. The van der Waals surface area contributed by atoms with E-state index < -0.39 is 0 Å². The Morgan fingerprint density at radius 2 is 2.17 bits per heavy atom. The summed E-state index contributed by atoms with van der Waals surface area (Å²) < 4.78 is 13.3. The number of hydrogen-bond donors (Lipinski definition) is 2. The molecule has 0 saturated carbocycles. The van der Waals surface area contributed by atoms with E-state index in [2.05, 4.69) is 10.6 Å². The van der Waals surface area contributed by atoms with Crippen molar-refractivity contribution in [2.75, 3.05) is 13.1 Å². The number of amides is 1. The smallest absolute Gasteiger partial charge is 0.224 e. The molecule has 1 amide bonds. The Bertz CT molecular complexity index is 407. The first-order chi connectivity index (χ1) is 8.54. The molecule has 0 aliphatic carbocycles. The lowest BCUT2D eigenvalue weighted by Gasteiger charge is -2.12. The fourth-order valence-corrected chi connectivity index (χ4v) is 1.56. The van der Waals surface area contributed by atoms with Crippen LogP contribution in [0.3, 0.4) is 0 Å². The Balaban J connectivity index is 2.44. The van der Waals surface area contributed by atoms with E-state index in [-0.39, 0.29) is 17.6 Å². The van der Waals surface area contributed by atoms with Gasteiger partial charge in [-0.25, -0.2) is 4.39 Å². The van der Waals surface area contributed by atoms with Gasteiger partial charge in [0.05, 0.1) is 0 Å². The van der Waals surface area contributed by atoms with Crippen molar-refractivity contribution in [3.8, 4) is 0 Å². The summed E-state index contributed by atoms with van der Waals surface area (Å²) in [6, 6.07) is 5.01. The highest BCUT2D eigenvalue weighted by molar-refractivity contribution is 5.78. The van der Waals surface area contributed by atoms with Gasteiger partial charge < -0.3 is 10.6 Å². The van der Waals surface area contributed by atoms with Gasteiger partial charge in [-0.2, -0.15) is 0 Å². The van der Waals surface area contributed by atoms with Gasteiger partial charge in [-0.15, -0.1) is 0 Å². The Hall–Kier alpha value is -1.42. The molecule has 100 valence electrons. The average molecular weight is 252 g/mol. The van der Waals surface area contributed by atoms with Crippen molar-refractivity contribution in [1.82, 2.24) is 10.6 Å². The molecule has 4 heteroatoms. The van der Waals surface area contributed by atoms with Crippen LogP contribution in [-0.2, 0) is 11.3 Å². The molecule has 18 heavy (non-hydrogen) atoms. The molecule has 1 aromatic rings. The number of carbonyl (C=O) groups excluding carboxylic acids is 1. The van der Waals surface area contributed by atoms with Gasteiger partial charge in [0.15, 0.2) is 0 Å². The lowest BCUT2D eigenvalue weighted by Crippen LogP contribution is -2.34. The van der Waals surface area contributed by atoms with Crippen LogP contribution in [0, 0.1) is 18.7 Å². The number of nitrogens with one attached hydrogen (secondary N) is 2. The van der Waals surface area contributed by atoms with Crippen molar-refractivity contribution in [1.29, 1.82) is 0 Å². The van der Waals surface area contributed by atoms with Crippen LogP contribution in [0.5, 0.6) is 0 Å². The van der Waals surface area contributed by atoms with Gasteiger partial charge in [0.25, 0.3) is 0 Å². The fourth-order valence-electron chi connectivity index (χ4n) is 1.56. The van der Waals surface area contributed by atoms with Gasteiger partial charge in [0, 0.05) is 19.0 Å². The Labute approximate surface area is 108 Å². The second-order valence-corrected chi connectivity index (χ2v) is 4.51. The van der Waals surface area contributed by atoms with E-state index in [0.717, 1.165) is 12.1 Å². The summed E-state index contributed by atoms with van der Waals surface area (Å²) >= 11 is 0. The number of halogens is 1. The molecule has 1 atom stereocenters. The molecule has 0 aliphatic rings. The monoisotopic (exact) mass is 252 g/mol. The van der Waals surface area contributed by atoms with Gasteiger partial charge in [-0.3, -0.25) is 4.79 Å². The van der Waals surface area contributed by atoms with Crippen LogP contribution in [0.15, 0.2) is 18.2 Å². The highest BCUT2D eigenvalue weighted by atomic mass is 19.1. The van der Waals surface area contributed by atoms with Gasteiger partial charge in [0.1, 0.15) is 5.82 Å². The summed E-state index contributed by atoms with van der Waals surface area (Å²) in [6.07, 6.45) is 0. The lowest BCUT2D eigenvalue weighted by atomic mass is 10.1. The maximum atomic E-state index is 13.3. The van der Waals surface area contributed by atoms with E-state index in [1.165, 1.54) is 6.07 Å². The SMILES string of the molecule is CCNCC(C)C(=O)NCc1ccc(C)c(F)c1. The first kappa shape index (κ1) is 14.6. The topological polar surface area (TPSA) is 41.1 Å². The minimum absolute atomic E-state index is 0.0167. The number of carbonyl (C=O) groups is 1. The molecule has 1 rings (SSSR count). The molecule has 0 aliphatic heterocycles. The van der Waals surface area contributed by atoms with Crippen molar-refractivity contribution in [3.05, 3.63) is 35.1 Å². The summed E-state index contributed by atoms with van der Waals surface area (Å²) in [4.78, 5) is 11.7. The highest BCUT2D eigenvalue weighted by Crippen LogP contribution is 2.09. The van der Waals surface area contributed by atoms with E-state index in [9.17, 15) is 9.18 Å². The molecule has 0 aromatic heterocycles. The van der Waals surface area contributed by atoms with Crippen molar-refractivity contribution in [3.63, 3.8) is 0 Å². The third-order valence-electron chi connectivity index (χ3n) is 2.85. The van der Waals surface area contributed by atoms with E-state index in [0.29, 0.717) is 18.7 Å². The molecule has 0 saturated heterocycles. The molecule has 3 nitrogen and oxygen atoms in total. The Kier molecular flexibility index (Phi) is 5.78. The molecular weight excluding hydrogens is 231 g/mol. The molecule has 0 heterocycles. The quantitative estimate of drug-likeness (QED) is 0.813. The zero-order valence-electron chi connectivity index (χ0n) is 11.2. The van der Waals surface area contributed by atoms with E-state index >= 15 is 0 Å². The average Bonchev–Trinajstić information content (AvgIpc) is 2.36. The standard InChI is InChI=1S/C14H21FN2O/c1-4-16-8-11(3)14(18)17-9-12-6-5-10(2)13(15)7-12/h5-7,11,16H,4,8-9H2,1-3H3,(H,17,18). The Morgan fingerprint density at radius 1 is 1.44 bits per heavy atom. The van der Waals surface area contributed by atoms with Gasteiger partial charge in [-0.1, -0.05) is 26.0 Å². The normalized spacial score (nSPS) is 12.2. The van der Waals surface area contributed by atoms with E-state index in [4.69, 9.17) is 0 Å². The van der Waals surface area contributed by atoms with Gasteiger partial charge in [-0.05, 0) is 30.7 Å². The van der Waals surface area contributed by atoms with Crippen LogP contribution in [0.4, 0.5) is 4.39 Å². The first-order valence-electron chi connectivity index (χ1n) is 6.28. The largest absolute Gasteiger partial charge is 0.352 e. The predicted molar refractivity (Wildman–Crippen MR) is 70.7 cm³/mol. The second kappa shape index (κ2) is 7.11. The van der Waals surface area contributed by atoms with Crippen LogP contribution in [0.2, 0.25) is 0 Å². The van der Waals surface area contributed by atoms with Crippen LogP contribution < -0.4 is 10.6 Å². The van der Waals surface area contributed by atoms with Crippen LogP contribution in [0.1, 0.15) is 25.0 Å². The van der Waals surface area contributed by atoms with E-state index in [1.54, 1.807) is 13.0 Å². The molecular formula is C14H21FN2O. The highest BCUT2D eigenvalue weighted by Gasteiger charge is 2.11. The van der Waals surface area contributed by atoms with Crippen molar-refractivity contribution in [2.45, 2.75) is 27.3 Å². The zero-order valence-corrected chi connectivity index (χ0v) is 11.2. The molecule has 0 fully saturated rings. The van der Waals surface area contributed by atoms with Gasteiger partial charge >= 0.3 is 0 Å². The molecule has 0 spiro atoms. The third-order valence-corrected chi connectivity index (χ3v) is 2.85. The van der Waals surface area contributed by atoms with Crippen LogP contribution in [-0.4, -0.2) is 19.0 Å². The summed E-state index contributed by atoms with van der Waals surface area (Å²) in [6.45, 7) is 7.46. The minimum atomic E-state index is -0.234. The maximum Gasteiger partial charge on any atom is 0.224 e. The van der Waals surface area contributed by atoms with Crippen molar-refractivity contribution < 1.29 is 9.18 Å². The lowest BCUT2D eigenvalue weighted by molar-refractivity contribution is -0.124. The molecule has 0 radical (unpaired) electrons. The van der Waals surface area contributed by atoms with Crippen LogP contribution >= 0.6 is 0 Å². The maximum absolute atomic E-state index is 13.3. The summed E-state index contributed by atoms with van der Waals surface area (Å²) in [5.74, 6) is -0.334. The summed E-state index contributed by atoms with van der Waals surface area (Å²) in [5.41, 5.74) is 1.40. The number of benzene rings is 1. The number of rotatable bonds is 6. The van der Waals surface area contributed by atoms with Crippen molar-refractivity contribution in [2.24, 2.45) is 5.92 Å². The summed E-state index contributed by atoms with van der Waals surface area (Å²) in [5, 5.41) is 5.93. The minimum Gasteiger partial charge on any atom is -0.352 e.